The summed E-state index contributed by atoms with van der Waals surface area (Å²) in [5.74, 6) is 0.291. The number of aryl methyl sites for hydroxylation is 1. The van der Waals surface area contributed by atoms with Gasteiger partial charge in [-0.05, 0) is 24.1 Å². The number of carbonyl (C=O) groups is 1. The van der Waals surface area contributed by atoms with Crippen molar-refractivity contribution in [1.29, 1.82) is 0 Å². The zero-order valence-corrected chi connectivity index (χ0v) is 16.1. The number of nitrogens with one attached hydrogen (secondary N) is 1. The summed E-state index contributed by atoms with van der Waals surface area (Å²) in [6.45, 7) is 4.74. The average molecular weight is 383 g/mol. The number of carbonyl (C=O) groups excluding carboxylic acids is 1. The van der Waals surface area contributed by atoms with Crippen molar-refractivity contribution in [3.63, 3.8) is 0 Å². The van der Waals surface area contributed by atoms with Crippen LogP contribution in [0.1, 0.15) is 24.0 Å². The molecule has 1 aliphatic heterocycles. The van der Waals surface area contributed by atoms with Crippen molar-refractivity contribution in [3.05, 3.63) is 52.8 Å². The summed E-state index contributed by atoms with van der Waals surface area (Å²) in [6.07, 6.45) is 3.87. The number of benzene rings is 1. The molecule has 2 atom stereocenters. The summed E-state index contributed by atoms with van der Waals surface area (Å²) in [5, 5.41) is 8.31. The average Bonchev–Trinajstić information content (AvgIpc) is 3.22. The third-order valence-corrected chi connectivity index (χ3v) is 5.07. The van der Waals surface area contributed by atoms with Gasteiger partial charge in [-0.15, -0.1) is 12.4 Å². The minimum atomic E-state index is -0.0587. The molecule has 0 radical (unpaired) electrons. The maximum Gasteiger partial charge on any atom is 0.227 e. The van der Waals surface area contributed by atoms with Gasteiger partial charge in [-0.2, -0.15) is 5.10 Å². The second-order valence-corrected chi connectivity index (χ2v) is 6.67. The number of rotatable bonds is 5. The second-order valence-electron chi connectivity index (χ2n) is 6.26. The van der Waals surface area contributed by atoms with E-state index >= 15 is 0 Å². The monoisotopic (exact) mass is 382 g/mol. The Morgan fingerprint density at radius 1 is 1.40 bits per heavy atom. The molecule has 1 aromatic heterocycles. The summed E-state index contributed by atoms with van der Waals surface area (Å²) < 4.78 is 1.79. The second kappa shape index (κ2) is 8.70. The fraction of sp³-hybridized carbons (Fsp3) is 0.444. The maximum absolute atomic E-state index is 13.1. The third kappa shape index (κ3) is 4.35. The van der Waals surface area contributed by atoms with E-state index in [9.17, 15) is 4.79 Å². The molecule has 2 heterocycles. The number of halogens is 2. The lowest BCUT2D eigenvalue weighted by atomic mass is 9.89. The molecule has 1 amide bonds. The Morgan fingerprint density at radius 3 is 2.80 bits per heavy atom. The van der Waals surface area contributed by atoms with E-state index in [1.165, 1.54) is 0 Å². The van der Waals surface area contributed by atoms with Gasteiger partial charge in [-0.1, -0.05) is 29.8 Å². The fourth-order valence-corrected chi connectivity index (χ4v) is 3.53. The van der Waals surface area contributed by atoms with E-state index in [1.54, 1.807) is 4.68 Å². The third-order valence-electron chi connectivity index (χ3n) is 4.70. The molecule has 3 rings (SSSR count). The lowest BCUT2D eigenvalue weighted by Gasteiger charge is -2.27. The minimum absolute atomic E-state index is 0. The van der Waals surface area contributed by atoms with Gasteiger partial charge in [0.2, 0.25) is 5.91 Å². The highest BCUT2D eigenvalue weighted by molar-refractivity contribution is 6.31. The highest BCUT2D eigenvalue weighted by atomic mass is 35.5. The SMILES string of the molecule is CCN(Cc1ccccc1Cl)C(=O)[C@H]1CNC[C@@H]1c1cnn(C)c1.Cl. The van der Waals surface area contributed by atoms with E-state index in [0.29, 0.717) is 24.7 Å². The van der Waals surface area contributed by atoms with Crippen LogP contribution in [0.4, 0.5) is 0 Å². The summed E-state index contributed by atoms with van der Waals surface area (Å²) in [6, 6.07) is 7.70. The first-order chi connectivity index (χ1) is 11.6. The number of hydrogen-bond acceptors (Lipinski definition) is 3. The standard InChI is InChI=1S/C18H23ClN4O.ClH/c1-3-23(12-13-6-4-5-7-17(13)19)18(24)16-10-20-9-15(16)14-8-21-22(2)11-14;/h4-8,11,15-16,20H,3,9-10,12H2,1-2H3;1H/t15-,16+;/m1./s1. The van der Waals surface area contributed by atoms with Crippen molar-refractivity contribution in [2.24, 2.45) is 13.0 Å². The van der Waals surface area contributed by atoms with E-state index in [0.717, 1.165) is 17.7 Å². The quantitative estimate of drug-likeness (QED) is 0.864. The molecule has 25 heavy (non-hydrogen) atoms. The molecule has 7 heteroatoms. The van der Waals surface area contributed by atoms with E-state index in [4.69, 9.17) is 11.6 Å². The molecule has 1 aromatic carbocycles. The van der Waals surface area contributed by atoms with Crippen LogP contribution in [0.25, 0.3) is 0 Å². The number of amides is 1. The molecule has 1 N–H and O–H groups in total. The molecule has 2 aromatic rings. The molecule has 1 fully saturated rings. The smallest absolute Gasteiger partial charge is 0.227 e. The van der Waals surface area contributed by atoms with Gasteiger partial charge in [0, 0.05) is 50.4 Å². The first-order valence-corrected chi connectivity index (χ1v) is 8.69. The van der Waals surface area contributed by atoms with Gasteiger partial charge in [-0.25, -0.2) is 0 Å². The van der Waals surface area contributed by atoms with Crippen molar-refractivity contribution in [1.82, 2.24) is 20.0 Å². The lowest BCUT2D eigenvalue weighted by molar-refractivity contribution is -0.135. The first-order valence-electron chi connectivity index (χ1n) is 8.31. The number of nitrogens with zero attached hydrogens (tertiary/aromatic N) is 3. The van der Waals surface area contributed by atoms with E-state index < -0.39 is 0 Å². The van der Waals surface area contributed by atoms with Crippen molar-refractivity contribution in [3.8, 4) is 0 Å². The van der Waals surface area contributed by atoms with Gasteiger partial charge in [-0.3, -0.25) is 9.48 Å². The molecule has 0 bridgehead atoms. The highest BCUT2D eigenvalue weighted by Gasteiger charge is 2.36. The van der Waals surface area contributed by atoms with Gasteiger partial charge in [0.25, 0.3) is 0 Å². The summed E-state index contributed by atoms with van der Waals surface area (Å²) in [4.78, 5) is 15.0. The summed E-state index contributed by atoms with van der Waals surface area (Å²) in [5.41, 5.74) is 2.10. The Morgan fingerprint density at radius 2 is 2.16 bits per heavy atom. The molecule has 0 saturated carbocycles. The molecule has 0 spiro atoms. The van der Waals surface area contributed by atoms with Crippen LogP contribution in [-0.4, -0.2) is 40.2 Å². The topological polar surface area (TPSA) is 50.2 Å². The molecule has 1 saturated heterocycles. The Labute approximate surface area is 159 Å². The van der Waals surface area contributed by atoms with Gasteiger partial charge in [0.1, 0.15) is 0 Å². The minimum Gasteiger partial charge on any atom is -0.338 e. The van der Waals surface area contributed by atoms with Crippen LogP contribution in [0.2, 0.25) is 5.02 Å². The predicted molar refractivity (Wildman–Crippen MR) is 102 cm³/mol. The van der Waals surface area contributed by atoms with Crippen LogP contribution < -0.4 is 5.32 Å². The molecule has 0 aliphatic carbocycles. The van der Waals surface area contributed by atoms with E-state index in [-0.39, 0.29) is 30.2 Å². The molecule has 0 unspecified atom stereocenters. The molecule has 5 nitrogen and oxygen atoms in total. The zero-order chi connectivity index (χ0) is 17.1. The van der Waals surface area contributed by atoms with Gasteiger partial charge in [0.15, 0.2) is 0 Å². The van der Waals surface area contributed by atoms with Crippen LogP contribution in [-0.2, 0) is 18.4 Å². The van der Waals surface area contributed by atoms with E-state index in [2.05, 4.69) is 10.4 Å². The highest BCUT2D eigenvalue weighted by Crippen LogP contribution is 2.30. The fourth-order valence-electron chi connectivity index (χ4n) is 3.33. The van der Waals surface area contributed by atoms with Crippen LogP contribution in [0.3, 0.4) is 0 Å². The van der Waals surface area contributed by atoms with Crippen LogP contribution >= 0.6 is 24.0 Å². The summed E-state index contributed by atoms with van der Waals surface area (Å²) >= 11 is 6.26. The van der Waals surface area contributed by atoms with Crippen molar-refractivity contribution >= 4 is 29.9 Å². The van der Waals surface area contributed by atoms with Crippen molar-refractivity contribution in [2.45, 2.75) is 19.4 Å². The van der Waals surface area contributed by atoms with Crippen molar-refractivity contribution in [2.75, 3.05) is 19.6 Å². The first kappa shape index (κ1) is 19.8. The Kier molecular flexibility index (Phi) is 6.87. The maximum atomic E-state index is 13.1. The molecular formula is C18H24Cl2N4O. The van der Waals surface area contributed by atoms with Gasteiger partial charge < -0.3 is 10.2 Å². The van der Waals surface area contributed by atoms with E-state index in [1.807, 2.05) is 55.5 Å². The lowest BCUT2D eigenvalue weighted by Crippen LogP contribution is -2.38. The molecular weight excluding hydrogens is 359 g/mol. The predicted octanol–water partition coefficient (Wildman–Crippen LogP) is 2.85. The Hall–Kier alpha value is -1.56. The van der Waals surface area contributed by atoms with Crippen LogP contribution in [0.15, 0.2) is 36.7 Å². The number of hydrogen-bond donors (Lipinski definition) is 1. The van der Waals surface area contributed by atoms with Crippen molar-refractivity contribution < 1.29 is 4.79 Å². The summed E-state index contributed by atoms with van der Waals surface area (Å²) in [7, 11) is 1.90. The molecule has 136 valence electrons. The van der Waals surface area contributed by atoms with Gasteiger partial charge in [0.05, 0.1) is 12.1 Å². The Bertz CT molecular complexity index is 719. The van der Waals surface area contributed by atoms with Gasteiger partial charge >= 0.3 is 0 Å². The van der Waals surface area contributed by atoms with Crippen LogP contribution in [0.5, 0.6) is 0 Å². The van der Waals surface area contributed by atoms with Crippen LogP contribution in [0, 0.1) is 5.92 Å². The largest absolute Gasteiger partial charge is 0.338 e. The zero-order valence-electron chi connectivity index (χ0n) is 14.5. The Balaban J connectivity index is 0.00000225. The number of aromatic nitrogens is 2. The molecule has 1 aliphatic rings. The normalized spacial score (nSPS) is 19.5.